The summed E-state index contributed by atoms with van der Waals surface area (Å²) in [7, 11) is 1.56. The summed E-state index contributed by atoms with van der Waals surface area (Å²) in [6, 6.07) is 0. The zero-order valence-corrected chi connectivity index (χ0v) is 13.0. The van der Waals surface area contributed by atoms with Crippen molar-refractivity contribution in [2.45, 2.75) is 25.7 Å². The summed E-state index contributed by atoms with van der Waals surface area (Å²) in [6.45, 7) is 25.0. The first-order valence-corrected chi connectivity index (χ1v) is 4.93. The number of rotatable bonds is 1. The first-order chi connectivity index (χ1) is 10.4. The average Bonchev–Trinajstić information content (AvgIpc) is 2.65. The van der Waals surface area contributed by atoms with Gasteiger partial charge in [-0.05, 0) is 31.3 Å². The molecule has 0 atom stereocenters. The van der Waals surface area contributed by atoms with Crippen molar-refractivity contribution in [1.82, 2.24) is 0 Å². The van der Waals surface area contributed by atoms with Crippen molar-refractivity contribution in [3.05, 3.63) is 51.5 Å². The van der Waals surface area contributed by atoms with Gasteiger partial charge in [0.2, 0.25) is 6.61 Å². The van der Waals surface area contributed by atoms with E-state index < -0.39 is 0 Å². The molecule has 0 amide bonds. The maximum absolute atomic E-state index is 7.50. The van der Waals surface area contributed by atoms with Crippen LogP contribution in [0.25, 0.3) is 0 Å². The van der Waals surface area contributed by atoms with Crippen molar-refractivity contribution < 1.29 is 45.4 Å². The van der Waals surface area contributed by atoms with Crippen LogP contribution in [0.2, 0.25) is 0 Å². The molecule has 0 bridgehead atoms. The Morgan fingerprint density at radius 1 is 0.909 bits per heavy atom. The molecular weight excluding hydrogens is 328 g/mol. The van der Waals surface area contributed by atoms with Crippen LogP contribution >= 0.6 is 0 Å². The maximum Gasteiger partial charge on any atom is 0 e. The Kier molecular flexibility index (Phi) is 102. The Morgan fingerprint density at radius 3 is 1.68 bits per heavy atom. The standard InChI is InChI=1S/C10H12O.5CO.Cr/c1-11-9-5-8-10-6-3-2-4-7-10;5*1-2;/h6H,2-4,7H2,1H3;;;;;;. The fourth-order valence-corrected chi connectivity index (χ4v) is 1.11. The molecule has 1 rings (SSSR count). The fraction of sp³-hybridized carbons (Fsp3) is 0.333. The predicted octanol–water partition coefficient (Wildman–Crippen LogP) is 1.99. The molecular formula is C15H12CrO6. The van der Waals surface area contributed by atoms with Crippen molar-refractivity contribution in [2.24, 2.45) is 0 Å². The van der Waals surface area contributed by atoms with Crippen molar-refractivity contribution in [1.29, 1.82) is 0 Å². The molecule has 0 aromatic carbocycles. The van der Waals surface area contributed by atoms with Gasteiger partial charge in [-0.25, -0.2) is 0 Å². The number of allylic oxidation sites excluding steroid dienone is 2. The zero-order valence-electron chi connectivity index (χ0n) is 11.8. The normalized spacial score (nSPS) is 8.77. The summed E-state index contributed by atoms with van der Waals surface area (Å²) in [5.41, 5.74) is 1.24. The van der Waals surface area contributed by atoms with Gasteiger partial charge in [0.05, 0.1) is 0 Å². The quantitative estimate of drug-likeness (QED) is 0.406. The molecule has 0 aromatic rings. The largest absolute Gasteiger partial charge is 0 e. The van der Waals surface area contributed by atoms with E-state index in [1.165, 1.54) is 24.8 Å². The molecule has 0 aliphatic heterocycles. The van der Waals surface area contributed by atoms with Crippen molar-refractivity contribution in [3.63, 3.8) is 0 Å². The topological polar surface area (TPSA) is 109 Å². The summed E-state index contributed by atoms with van der Waals surface area (Å²) in [5, 5.41) is 0. The predicted molar refractivity (Wildman–Crippen MR) is 64.2 cm³/mol. The number of hydrogen-bond acceptors (Lipinski definition) is 1. The average molecular weight is 340 g/mol. The third-order valence-corrected chi connectivity index (χ3v) is 1.67. The van der Waals surface area contributed by atoms with E-state index in [1.807, 2.05) is 0 Å². The minimum absolute atomic E-state index is 0. The van der Waals surface area contributed by atoms with Gasteiger partial charge in [-0.15, -0.1) is 0 Å². The molecule has 22 heavy (non-hydrogen) atoms. The molecule has 0 N–H and O–H groups in total. The molecule has 6 nitrogen and oxygen atoms in total. The summed E-state index contributed by atoms with van der Waals surface area (Å²) >= 11 is 0. The SMILES string of the molecule is CO[C]C#CC1=CCCCC1.[C-]#[O+].[C-]#[O+].[C-]#[O+].[C-]#[O+].[C-]#[O+].[Cr]. The molecule has 2 radical (unpaired) electrons. The van der Waals surface area contributed by atoms with E-state index in [0.29, 0.717) is 0 Å². The van der Waals surface area contributed by atoms with Crippen molar-refractivity contribution >= 4 is 0 Å². The minimum atomic E-state index is 0. The summed E-state index contributed by atoms with van der Waals surface area (Å²) in [4.78, 5) is 0. The van der Waals surface area contributed by atoms with Crippen LogP contribution in [0.15, 0.2) is 11.6 Å². The van der Waals surface area contributed by atoms with Gasteiger partial charge < -0.3 is 4.74 Å². The Balaban J connectivity index is -0.0000000500. The number of ether oxygens (including phenoxy) is 1. The first-order valence-electron chi connectivity index (χ1n) is 4.93. The molecule has 1 aliphatic rings. The van der Waals surface area contributed by atoms with E-state index in [-0.39, 0.29) is 17.4 Å². The van der Waals surface area contributed by atoms with E-state index in [0.717, 1.165) is 6.42 Å². The molecule has 7 heteroatoms. The molecule has 0 saturated carbocycles. The van der Waals surface area contributed by atoms with Gasteiger partial charge in [-0.2, -0.15) is 0 Å². The van der Waals surface area contributed by atoms with Gasteiger partial charge in [0.15, 0.2) is 0 Å². The smallest absolute Gasteiger partial charge is 0 e. The van der Waals surface area contributed by atoms with Crippen molar-refractivity contribution in [2.75, 3.05) is 7.11 Å². The Labute approximate surface area is 142 Å². The fourth-order valence-electron chi connectivity index (χ4n) is 1.11. The van der Waals surface area contributed by atoms with Gasteiger partial charge in [0.25, 0.3) is 0 Å². The van der Waals surface area contributed by atoms with E-state index in [4.69, 9.17) is 23.3 Å². The molecule has 1 aliphatic carbocycles. The van der Waals surface area contributed by atoms with Crippen LogP contribution in [0, 0.1) is 51.7 Å². The monoisotopic (exact) mass is 340 g/mol. The molecule has 0 unspecified atom stereocenters. The van der Waals surface area contributed by atoms with Crippen LogP contribution in [0.5, 0.6) is 0 Å². The zero-order chi connectivity index (χ0) is 17.9. The molecule has 0 aromatic heterocycles. The second-order valence-electron chi connectivity index (χ2n) is 2.53. The summed E-state index contributed by atoms with van der Waals surface area (Å²) in [6.07, 6.45) is 7.08. The number of methoxy groups -OCH3 is 1. The Morgan fingerprint density at radius 2 is 1.36 bits per heavy atom. The molecule has 0 fully saturated rings. The maximum atomic E-state index is 7.50. The van der Waals surface area contributed by atoms with Crippen molar-refractivity contribution in [3.8, 4) is 11.8 Å². The Hall–Kier alpha value is -1.51. The van der Waals surface area contributed by atoms with E-state index in [9.17, 15) is 0 Å². The first kappa shape index (κ1) is 37.1. The van der Waals surface area contributed by atoms with Gasteiger partial charge in [0.1, 0.15) is 0 Å². The van der Waals surface area contributed by atoms with Crippen LogP contribution in [0.4, 0.5) is 0 Å². The van der Waals surface area contributed by atoms with E-state index in [1.54, 1.807) is 7.11 Å². The second-order valence-corrected chi connectivity index (χ2v) is 2.53. The third kappa shape index (κ3) is 42.8. The summed E-state index contributed by atoms with van der Waals surface area (Å²) < 4.78 is 42.1. The summed E-state index contributed by atoms with van der Waals surface area (Å²) in [5.74, 6) is 5.71. The second kappa shape index (κ2) is 60.5. The number of hydrogen-bond donors (Lipinski definition) is 0. The molecule has 0 saturated heterocycles. The van der Waals surface area contributed by atoms with E-state index >= 15 is 0 Å². The third-order valence-electron chi connectivity index (χ3n) is 1.67. The van der Waals surface area contributed by atoms with E-state index in [2.05, 4.69) is 62.5 Å². The van der Waals surface area contributed by atoms with Gasteiger partial charge in [-0.3, -0.25) is 0 Å². The van der Waals surface area contributed by atoms with Gasteiger partial charge >= 0.3 is 56.5 Å². The minimum Gasteiger partial charge on any atom is 0 e. The molecule has 0 spiro atoms. The van der Waals surface area contributed by atoms with Crippen LogP contribution in [-0.2, 0) is 45.4 Å². The Bertz CT molecular complexity index is 344. The van der Waals surface area contributed by atoms with Crippen LogP contribution in [0.1, 0.15) is 25.7 Å². The molecule has 0 heterocycles. The van der Waals surface area contributed by atoms with Crippen LogP contribution in [0.3, 0.4) is 0 Å². The van der Waals surface area contributed by atoms with Crippen LogP contribution < -0.4 is 0 Å². The van der Waals surface area contributed by atoms with Crippen LogP contribution in [-0.4, -0.2) is 7.11 Å². The van der Waals surface area contributed by atoms with Gasteiger partial charge in [0, 0.05) is 24.5 Å². The molecule has 114 valence electrons. The van der Waals surface area contributed by atoms with Gasteiger partial charge in [-0.1, -0.05) is 17.9 Å².